The molecule has 0 bridgehead atoms. The molecule has 17 heteroatoms. The maximum atomic E-state index is 14.5. The van der Waals surface area contributed by atoms with Crippen LogP contribution < -0.4 is 10.6 Å². The molecule has 3 rings (SSSR count). The van der Waals surface area contributed by atoms with Crippen molar-refractivity contribution in [2.24, 2.45) is 0 Å². The van der Waals surface area contributed by atoms with Gasteiger partial charge in [0.2, 0.25) is 0 Å². The summed E-state index contributed by atoms with van der Waals surface area (Å²) in [6.07, 6.45) is -1.02. The van der Waals surface area contributed by atoms with Crippen LogP contribution in [0.25, 0.3) is 10.8 Å². The van der Waals surface area contributed by atoms with Crippen LogP contribution in [-0.2, 0) is 20.4 Å². The third kappa shape index (κ3) is 9.83. The number of benzene rings is 2. The SMILES string of the molecule is CN(C(=O)NCc1cccc(F)c1Cl)[C@H](COC(=O)Nc1cc2cc(F)ccc2cn1)CC(F)(F)COP(=O)(O)O. The Morgan fingerprint density at radius 1 is 1.17 bits per heavy atom. The highest BCUT2D eigenvalue weighted by molar-refractivity contribution is 7.46. The number of ether oxygens (including phenoxy) is 1. The van der Waals surface area contributed by atoms with Gasteiger partial charge < -0.3 is 24.7 Å². The molecule has 0 unspecified atom stereocenters. The lowest BCUT2D eigenvalue weighted by Gasteiger charge is -2.31. The molecule has 222 valence electrons. The minimum absolute atomic E-state index is 0.0388. The highest BCUT2D eigenvalue weighted by Gasteiger charge is 2.38. The number of phosphoric acid groups is 1. The van der Waals surface area contributed by atoms with Gasteiger partial charge in [0.1, 0.15) is 30.7 Å². The van der Waals surface area contributed by atoms with Crippen molar-refractivity contribution in [2.75, 3.05) is 25.6 Å². The Kier molecular flexibility index (Phi) is 10.5. The number of pyridine rings is 1. The fourth-order valence-electron chi connectivity index (χ4n) is 3.53. The van der Waals surface area contributed by atoms with Crippen LogP contribution in [0, 0.1) is 11.6 Å². The van der Waals surface area contributed by atoms with Gasteiger partial charge in [-0.3, -0.25) is 9.84 Å². The van der Waals surface area contributed by atoms with E-state index >= 15 is 0 Å². The largest absolute Gasteiger partial charge is 0.469 e. The minimum atomic E-state index is -5.23. The number of likely N-dealkylation sites (N-methyl/N-ethyl adjacent to an activating group) is 1. The summed E-state index contributed by atoms with van der Waals surface area (Å²) < 4.78 is 76.1. The molecule has 0 radical (unpaired) electrons. The van der Waals surface area contributed by atoms with Crippen LogP contribution in [-0.4, -0.2) is 64.0 Å². The number of anilines is 1. The van der Waals surface area contributed by atoms with Gasteiger partial charge in [-0.2, -0.15) is 0 Å². The molecule has 0 saturated carbocycles. The van der Waals surface area contributed by atoms with Crippen molar-refractivity contribution in [1.29, 1.82) is 0 Å². The summed E-state index contributed by atoms with van der Waals surface area (Å²) in [5.41, 5.74) is 0.198. The number of nitrogens with zero attached hydrogens (tertiary/aromatic N) is 2. The summed E-state index contributed by atoms with van der Waals surface area (Å²) in [6.45, 7) is -2.77. The smallest absolute Gasteiger partial charge is 0.447 e. The Bertz CT molecular complexity index is 1460. The Hall–Kier alpha value is -3.49. The Morgan fingerprint density at radius 3 is 2.61 bits per heavy atom. The standard InChI is InChI=1S/C24H24ClF4N4O7P/c1-33(22(34)31-11-15-3-2-4-19(27)21(15)25)18(9-24(28,29)13-40-41(36,37)38)12-39-23(35)32-20-8-16-7-17(26)6-5-14(16)10-30-20/h2-8,10,18H,9,11-13H2,1H3,(H,31,34)(H,30,32,35)(H2,36,37,38)/t18-/m0/s1. The summed E-state index contributed by atoms with van der Waals surface area (Å²) >= 11 is 5.86. The van der Waals surface area contributed by atoms with Gasteiger partial charge in [0.25, 0.3) is 5.92 Å². The Morgan fingerprint density at radius 2 is 1.90 bits per heavy atom. The summed E-state index contributed by atoms with van der Waals surface area (Å²) in [4.78, 5) is 47.4. The number of hydrogen-bond donors (Lipinski definition) is 4. The van der Waals surface area contributed by atoms with E-state index in [4.69, 9.17) is 26.1 Å². The number of fused-ring (bicyclic) bond motifs is 1. The number of nitrogens with one attached hydrogen (secondary N) is 2. The molecule has 4 N–H and O–H groups in total. The Balaban J connectivity index is 1.69. The van der Waals surface area contributed by atoms with E-state index in [9.17, 15) is 31.7 Å². The van der Waals surface area contributed by atoms with E-state index in [2.05, 4.69) is 20.1 Å². The van der Waals surface area contributed by atoms with E-state index in [1.54, 1.807) is 0 Å². The number of amides is 3. The molecule has 2 aromatic carbocycles. The molecular weight excluding hydrogens is 599 g/mol. The van der Waals surface area contributed by atoms with Crippen LogP contribution in [0.1, 0.15) is 12.0 Å². The molecule has 41 heavy (non-hydrogen) atoms. The van der Waals surface area contributed by atoms with Crippen molar-refractivity contribution in [3.63, 3.8) is 0 Å². The van der Waals surface area contributed by atoms with E-state index in [0.717, 1.165) is 18.0 Å². The molecule has 0 aliphatic heterocycles. The molecule has 3 aromatic rings. The molecule has 11 nitrogen and oxygen atoms in total. The average Bonchev–Trinajstić information content (AvgIpc) is 2.89. The first-order valence-electron chi connectivity index (χ1n) is 11.6. The van der Waals surface area contributed by atoms with Crippen LogP contribution in [0.3, 0.4) is 0 Å². The van der Waals surface area contributed by atoms with Crippen LogP contribution in [0.4, 0.5) is 33.0 Å². The minimum Gasteiger partial charge on any atom is -0.447 e. The van der Waals surface area contributed by atoms with Crippen LogP contribution >= 0.6 is 19.4 Å². The molecule has 1 aromatic heterocycles. The molecule has 0 fully saturated rings. The molecule has 3 amide bonds. The summed E-state index contributed by atoms with van der Waals surface area (Å²) in [5.74, 6) is -5.18. The van der Waals surface area contributed by atoms with Crippen molar-refractivity contribution in [2.45, 2.75) is 24.9 Å². The van der Waals surface area contributed by atoms with E-state index in [-0.39, 0.29) is 22.9 Å². The van der Waals surface area contributed by atoms with Gasteiger partial charge in [0.05, 0.1) is 11.1 Å². The molecule has 0 aliphatic carbocycles. The van der Waals surface area contributed by atoms with E-state index in [1.165, 1.54) is 42.6 Å². The monoisotopic (exact) mass is 622 g/mol. The Labute approximate surface area is 235 Å². The van der Waals surface area contributed by atoms with Crippen LogP contribution in [0.15, 0.2) is 48.7 Å². The number of hydrogen-bond acceptors (Lipinski definition) is 6. The third-order valence-corrected chi connectivity index (χ3v) is 6.52. The summed E-state index contributed by atoms with van der Waals surface area (Å²) in [7, 11) is -4.13. The summed E-state index contributed by atoms with van der Waals surface area (Å²) in [5, 5.41) is 5.38. The summed E-state index contributed by atoms with van der Waals surface area (Å²) in [6, 6.07) is 6.66. The predicted octanol–water partition coefficient (Wildman–Crippen LogP) is 5.06. The maximum Gasteiger partial charge on any atom is 0.469 e. The van der Waals surface area contributed by atoms with Gasteiger partial charge in [-0.05, 0) is 41.3 Å². The fraction of sp³-hybridized carbons (Fsp3) is 0.292. The first kappa shape index (κ1) is 32.0. The first-order chi connectivity index (χ1) is 19.1. The normalized spacial score (nSPS) is 12.6. The van der Waals surface area contributed by atoms with E-state index in [0.29, 0.717) is 10.8 Å². The van der Waals surface area contributed by atoms with Crippen LogP contribution in [0.5, 0.6) is 0 Å². The zero-order valence-corrected chi connectivity index (χ0v) is 22.8. The van der Waals surface area contributed by atoms with Crippen LogP contribution in [0.2, 0.25) is 5.02 Å². The lowest BCUT2D eigenvalue weighted by molar-refractivity contribution is -0.0720. The average molecular weight is 623 g/mol. The van der Waals surface area contributed by atoms with Gasteiger partial charge in [0, 0.05) is 31.6 Å². The number of alkyl halides is 2. The van der Waals surface area contributed by atoms with Crippen molar-refractivity contribution in [3.8, 4) is 0 Å². The number of phosphoric ester groups is 1. The predicted molar refractivity (Wildman–Crippen MR) is 139 cm³/mol. The number of rotatable bonds is 11. The quantitative estimate of drug-likeness (QED) is 0.171. The zero-order valence-electron chi connectivity index (χ0n) is 21.2. The second-order valence-electron chi connectivity index (χ2n) is 8.74. The van der Waals surface area contributed by atoms with Crippen molar-refractivity contribution < 1.29 is 50.8 Å². The van der Waals surface area contributed by atoms with Gasteiger partial charge >= 0.3 is 19.9 Å². The fourth-order valence-corrected chi connectivity index (χ4v) is 4.08. The lowest BCUT2D eigenvalue weighted by Crippen LogP contribution is -2.48. The van der Waals surface area contributed by atoms with Crippen molar-refractivity contribution in [3.05, 3.63) is 70.9 Å². The molecule has 1 atom stereocenters. The number of aromatic nitrogens is 1. The number of urea groups is 1. The number of halogens is 5. The zero-order chi connectivity index (χ0) is 30.4. The molecule has 0 saturated heterocycles. The van der Waals surface area contributed by atoms with E-state index in [1.807, 2.05) is 0 Å². The molecular formula is C24H24ClF4N4O7P. The first-order valence-corrected chi connectivity index (χ1v) is 13.5. The third-order valence-electron chi connectivity index (χ3n) is 5.63. The van der Waals surface area contributed by atoms with Gasteiger partial charge in [-0.15, -0.1) is 0 Å². The number of carbonyl (C=O) groups is 2. The molecule has 1 heterocycles. The van der Waals surface area contributed by atoms with Gasteiger partial charge in [-0.1, -0.05) is 23.7 Å². The van der Waals surface area contributed by atoms with Crippen molar-refractivity contribution in [1.82, 2.24) is 15.2 Å². The second kappa shape index (κ2) is 13.4. The topological polar surface area (TPSA) is 150 Å². The van der Waals surface area contributed by atoms with E-state index < -0.39 is 63.2 Å². The molecule has 0 aliphatic rings. The van der Waals surface area contributed by atoms with Gasteiger partial charge in [0.15, 0.2) is 0 Å². The second-order valence-corrected chi connectivity index (χ2v) is 10.4. The maximum absolute atomic E-state index is 14.5. The lowest BCUT2D eigenvalue weighted by atomic mass is 10.1. The highest BCUT2D eigenvalue weighted by atomic mass is 35.5. The molecule has 0 spiro atoms. The number of carbonyl (C=O) groups excluding carboxylic acids is 2. The highest BCUT2D eigenvalue weighted by Crippen LogP contribution is 2.38. The van der Waals surface area contributed by atoms with Crippen molar-refractivity contribution >= 4 is 48.1 Å². The van der Waals surface area contributed by atoms with Gasteiger partial charge in [-0.25, -0.2) is 36.7 Å².